The van der Waals surface area contributed by atoms with E-state index < -0.39 is 20.0 Å². The molecule has 0 aliphatic rings. The van der Waals surface area contributed by atoms with Crippen molar-refractivity contribution in [2.75, 3.05) is 5.32 Å². The van der Waals surface area contributed by atoms with Gasteiger partial charge in [-0.15, -0.1) is 0 Å². The van der Waals surface area contributed by atoms with Crippen LogP contribution in [0.2, 0.25) is 18.1 Å². The largest absolute Gasteiger partial charge is 0.530 e. The van der Waals surface area contributed by atoms with Crippen LogP contribution in [0.15, 0.2) is 0 Å². The first-order valence-corrected chi connectivity index (χ1v) is 12.4. The quantitative estimate of drug-likeness (QED) is 0.327. The van der Waals surface area contributed by atoms with Gasteiger partial charge in [0.15, 0.2) is 0 Å². The van der Waals surface area contributed by atoms with Gasteiger partial charge in [0.25, 0.3) is 8.32 Å². The number of pyridine rings is 1. The third kappa shape index (κ3) is 5.84. The number of hydrogen-bond donors (Lipinski definition) is 1. The number of carbonyl (C=O) groups is 1. The number of halogens is 1. The average molecular weight is 478 g/mol. The topological polar surface area (TPSA) is 60.5 Å². The molecule has 25 heavy (non-hydrogen) atoms. The molecule has 1 aromatic heterocycles. The lowest BCUT2D eigenvalue weighted by molar-refractivity contribution is 0.0635. The van der Waals surface area contributed by atoms with Gasteiger partial charge in [0.1, 0.15) is 9.30 Å². The minimum absolute atomic E-state index is 0.0912. The lowest BCUT2D eigenvalue weighted by Gasteiger charge is -2.36. The first-order chi connectivity index (χ1) is 11.0. The van der Waals surface area contributed by atoms with Gasteiger partial charge in [-0.3, -0.25) is 5.32 Å². The van der Waals surface area contributed by atoms with E-state index >= 15 is 0 Å². The van der Waals surface area contributed by atoms with Crippen LogP contribution < -0.4 is 9.74 Å². The molecule has 0 bridgehead atoms. The molecule has 1 amide bonds. The molecule has 0 unspecified atom stereocenters. The molecule has 0 saturated carbocycles. The van der Waals surface area contributed by atoms with Gasteiger partial charge in [0.2, 0.25) is 5.88 Å². The SMILES string of the molecule is Cc1c(O[Si](C)(C)C(C)(C)C)nc(I)c(NC(=O)OC(C)(C)C)c1C. The van der Waals surface area contributed by atoms with E-state index in [1.165, 1.54) is 0 Å². The minimum atomic E-state index is -1.98. The monoisotopic (exact) mass is 478 g/mol. The van der Waals surface area contributed by atoms with Crippen LogP contribution in [0.1, 0.15) is 52.7 Å². The van der Waals surface area contributed by atoms with Crippen LogP contribution in [0, 0.1) is 17.5 Å². The van der Waals surface area contributed by atoms with Gasteiger partial charge in [0.05, 0.1) is 5.69 Å². The van der Waals surface area contributed by atoms with E-state index in [9.17, 15) is 4.79 Å². The molecule has 0 aliphatic heterocycles. The molecule has 0 aliphatic carbocycles. The van der Waals surface area contributed by atoms with E-state index in [-0.39, 0.29) is 5.04 Å². The Morgan fingerprint density at radius 3 is 2.04 bits per heavy atom. The number of nitrogens with one attached hydrogen (secondary N) is 1. The predicted octanol–water partition coefficient (Wildman–Crippen LogP) is 6.03. The van der Waals surface area contributed by atoms with Crippen LogP contribution in [0.4, 0.5) is 10.5 Å². The van der Waals surface area contributed by atoms with Crippen molar-refractivity contribution in [3.63, 3.8) is 0 Å². The van der Waals surface area contributed by atoms with Gasteiger partial charge in [-0.05, 0) is 80.9 Å². The molecule has 0 atom stereocenters. The van der Waals surface area contributed by atoms with Gasteiger partial charge in [0, 0.05) is 5.56 Å². The van der Waals surface area contributed by atoms with Crippen LogP contribution >= 0.6 is 22.6 Å². The molecule has 0 saturated heterocycles. The highest BCUT2D eigenvalue weighted by molar-refractivity contribution is 14.1. The summed E-state index contributed by atoms with van der Waals surface area (Å²) in [5, 5.41) is 2.91. The Hall–Kier alpha value is -0.833. The number of aromatic nitrogens is 1. The third-order valence-corrected chi connectivity index (χ3v) is 9.54. The maximum Gasteiger partial charge on any atom is 0.412 e. The van der Waals surface area contributed by atoms with Crippen LogP contribution in [-0.4, -0.2) is 25.0 Å². The van der Waals surface area contributed by atoms with E-state index in [1.54, 1.807) is 0 Å². The molecule has 0 spiro atoms. The van der Waals surface area contributed by atoms with Crippen LogP contribution in [0.25, 0.3) is 0 Å². The van der Waals surface area contributed by atoms with E-state index in [1.807, 2.05) is 34.6 Å². The highest BCUT2D eigenvalue weighted by Crippen LogP contribution is 2.39. The molecule has 7 heteroatoms. The maximum absolute atomic E-state index is 12.1. The number of rotatable bonds is 3. The summed E-state index contributed by atoms with van der Waals surface area (Å²) in [7, 11) is -1.98. The van der Waals surface area contributed by atoms with Gasteiger partial charge in [-0.25, -0.2) is 9.78 Å². The Labute approximate surface area is 166 Å². The van der Waals surface area contributed by atoms with Crippen molar-refractivity contribution in [1.29, 1.82) is 0 Å². The van der Waals surface area contributed by atoms with Gasteiger partial charge < -0.3 is 9.16 Å². The molecule has 0 fully saturated rings. The summed E-state index contributed by atoms with van der Waals surface area (Å²) >= 11 is 2.13. The van der Waals surface area contributed by atoms with E-state index in [0.29, 0.717) is 15.3 Å². The highest BCUT2D eigenvalue weighted by Gasteiger charge is 2.40. The van der Waals surface area contributed by atoms with E-state index in [2.05, 4.69) is 66.8 Å². The zero-order chi connectivity index (χ0) is 19.8. The summed E-state index contributed by atoms with van der Waals surface area (Å²) in [6.07, 6.45) is -0.479. The van der Waals surface area contributed by atoms with Crippen molar-refractivity contribution in [1.82, 2.24) is 4.98 Å². The second-order valence-electron chi connectivity index (χ2n) is 8.82. The summed E-state index contributed by atoms with van der Waals surface area (Å²) in [4.78, 5) is 16.7. The Kier molecular flexibility index (Phi) is 6.59. The van der Waals surface area contributed by atoms with Crippen molar-refractivity contribution in [2.24, 2.45) is 0 Å². The fourth-order valence-corrected chi connectivity index (χ4v) is 3.52. The lowest BCUT2D eigenvalue weighted by Crippen LogP contribution is -2.44. The molecule has 1 aromatic rings. The zero-order valence-corrected chi connectivity index (χ0v) is 20.2. The van der Waals surface area contributed by atoms with Crippen molar-refractivity contribution in [3.05, 3.63) is 14.8 Å². The van der Waals surface area contributed by atoms with Crippen LogP contribution in [-0.2, 0) is 4.74 Å². The molecule has 1 N–H and O–H groups in total. The van der Waals surface area contributed by atoms with Crippen LogP contribution in [0.3, 0.4) is 0 Å². The zero-order valence-electron chi connectivity index (χ0n) is 17.0. The fraction of sp³-hybridized carbons (Fsp3) is 0.667. The van der Waals surface area contributed by atoms with Crippen molar-refractivity contribution in [3.8, 4) is 5.88 Å². The van der Waals surface area contributed by atoms with Crippen molar-refractivity contribution >= 4 is 42.7 Å². The fourth-order valence-electron chi connectivity index (χ4n) is 1.78. The van der Waals surface area contributed by atoms with Crippen molar-refractivity contribution in [2.45, 2.75) is 79.1 Å². The first-order valence-electron chi connectivity index (χ1n) is 8.41. The molecular formula is C18H31IN2O3Si. The van der Waals surface area contributed by atoms with Gasteiger partial charge >= 0.3 is 6.09 Å². The summed E-state index contributed by atoms with van der Waals surface area (Å²) in [5.74, 6) is 0.656. The maximum atomic E-state index is 12.1. The molecule has 0 aromatic carbocycles. The normalized spacial score (nSPS) is 12.8. The Morgan fingerprint density at radius 2 is 1.60 bits per heavy atom. The highest BCUT2D eigenvalue weighted by atomic mass is 127. The van der Waals surface area contributed by atoms with E-state index in [0.717, 1.165) is 11.1 Å². The number of nitrogens with zero attached hydrogens (tertiary/aromatic N) is 1. The molecule has 1 heterocycles. The Balaban J connectivity index is 3.16. The Bertz CT molecular complexity index is 662. The van der Waals surface area contributed by atoms with Gasteiger partial charge in [-0.1, -0.05) is 20.8 Å². The van der Waals surface area contributed by atoms with Crippen LogP contribution in [0.5, 0.6) is 5.88 Å². The van der Waals surface area contributed by atoms with E-state index in [4.69, 9.17) is 9.16 Å². The average Bonchev–Trinajstić information content (AvgIpc) is 2.37. The summed E-state index contributed by atoms with van der Waals surface area (Å²) in [5.41, 5.74) is 2.02. The number of anilines is 1. The smallest absolute Gasteiger partial charge is 0.412 e. The molecule has 0 radical (unpaired) electrons. The number of carbonyl (C=O) groups excluding carboxylic acids is 1. The second-order valence-corrected chi connectivity index (χ2v) is 14.6. The first kappa shape index (κ1) is 22.2. The second kappa shape index (κ2) is 7.42. The molecular weight excluding hydrogens is 447 g/mol. The molecule has 5 nitrogen and oxygen atoms in total. The third-order valence-electron chi connectivity index (χ3n) is 4.45. The Morgan fingerprint density at radius 1 is 1.08 bits per heavy atom. The van der Waals surface area contributed by atoms with Gasteiger partial charge in [-0.2, -0.15) is 0 Å². The number of ether oxygens (including phenoxy) is 1. The summed E-state index contributed by atoms with van der Waals surface area (Å²) in [6.45, 7) is 20.4. The summed E-state index contributed by atoms with van der Waals surface area (Å²) in [6, 6.07) is 0. The molecule has 1 rings (SSSR count). The molecule has 142 valence electrons. The number of hydrogen-bond acceptors (Lipinski definition) is 4. The lowest BCUT2D eigenvalue weighted by atomic mass is 10.1. The standard InChI is InChI=1S/C18H31IN2O3Si/c1-11-12(2)15(24-25(9,10)18(6,7)8)21-14(19)13(11)20-16(22)23-17(3,4)5/h1-10H3,(H,20,22). The van der Waals surface area contributed by atoms with Crippen molar-refractivity contribution < 1.29 is 14.0 Å². The minimum Gasteiger partial charge on any atom is -0.530 e. The predicted molar refractivity (Wildman–Crippen MR) is 114 cm³/mol. The summed E-state index contributed by atoms with van der Waals surface area (Å²) < 4.78 is 12.4. The number of amides is 1.